The van der Waals surface area contributed by atoms with Crippen LogP contribution >= 0.6 is 11.6 Å². The summed E-state index contributed by atoms with van der Waals surface area (Å²) in [5.74, 6) is -1.06. The minimum absolute atomic E-state index is 0.0710. The quantitative estimate of drug-likeness (QED) is 0.629. The van der Waals surface area contributed by atoms with Gasteiger partial charge in [-0.25, -0.2) is 0 Å². The van der Waals surface area contributed by atoms with Gasteiger partial charge in [-0.2, -0.15) is 15.8 Å². The summed E-state index contributed by atoms with van der Waals surface area (Å²) in [5, 5.41) is 39.1. The minimum Gasteiger partial charge on any atom is -0.305 e. The van der Waals surface area contributed by atoms with Crippen LogP contribution in [0.5, 0.6) is 0 Å². The van der Waals surface area contributed by atoms with Gasteiger partial charge in [-0.3, -0.25) is 0 Å². The molecule has 0 saturated heterocycles. The Morgan fingerprint density at radius 1 is 1.11 bits per heavy atom. The fourth-order valence-corrected chi connectivity index (χ4v) is 4.90. The maximum absolute atomic E-state index is 10.1. The molecular formula is C23H23ClN4. The SMILES string of the molecule is CC(C)(C)[C@H]1CC=C2C(C#N)C(=N)C(C#N)(C#N)[C@@H](c3ccc(Cl)cc3)[C@H]2C1. The molecule has 0 amide bonds. The van der Waals surface area contributed by atoms with Crippen LogP contribution in [-0.4, -0.2) is 5.71 Å². The van der Waals surface area contributed by atoms with E-state index in [0.717, 1.165) is 24.0 Å². The number of nitrogens with one attached hydrogen (secondary N) is 1. The lowest BCUT2D eigenvalue weighted by molar-refractivity contribution is 0.168. The molecule has 4 nitrogen and oxygen atoms in total. The molecule has 0 spiro atoms. The molecule has 0 heterocycles. The maximum Gasteiger partial charge on any atom is 0.189 e. The van der Waals surface area contributed by atoms with Crippen molar-refractivity contribution >= 4 is 17.3 Å². The van der Waals surface area contributed by atoms with Crippen LogP contribution < -0.4 is 0 Å². The summed E-state index contributed by atoms with van der Waals surface area (Å²) in [6.07, 6.45) is 3.73. The molecule has 4 atom stereocenters. The van der Waals surface area contributed by atoms with Crippen molar-refractivity contribution in [2.75, 3.05) is 0 Å². The Morgan fingerprint density at radius 3 is 2.21 bits per heavy atom. The number of hydrogen-bond donors (Lipinski definition) is 1. The Kier molecular flexibility index (Phi) is 5.10. The van der Waals surface area contributed by atoms with Crippen molar-refractivity contribution in [1.82, 2.24) is 0 Å². The highest BCUT2D eigenvalue weighted by atomic mass is 35.5. The predicted molar refractivity (Wildman–Crippen MR) is 108 cm³/mol. The molecule has 1 unspecified atom stereocenters. The largest absolute Gasteiger partial charge is 0.305 e. The van der Waals surface area contributed by atoms with Crippen LogP contribution in [0.3, 0.4) is 0 Å². The van der Waals surface area contributed by atoms with Crippen LogP contribution in [-0.2, 0) is 0 Å². The van der Waals surface area contributed by atoms with Crippen molar-refractivity contribution < 1.29 is 0 Å². The van der Waals surface area contributed by atoms with Gasteiger partial charge < -0.3 is 5.41 Å². The van der Waals surface area contributed by atoms with Gasteiger partial charge in [0.15, 0.2) is 5.41 Å². The van der Waals surface area contributed by atoms with Gasteiger partial charge in [0.25, 0.3) is 0 Å². The van der Waals surface area contributed by atoms with Crippen molar-refractivity contribution in [2.45, 2.75) is 39.5 Å². The van der Waals surface area contributed by atoms with Gasteiger partial charge in [0.2, 0.25) is 0 Å². The zero-order chi connectivity index (χ0) is 20.7. The first-order valence-corrected chi connectivity index (χ1v) is 9.83. The molecule has 2 aliphatic carbocycles. The summed E-state index contributed by atoms with van der Waals surface area (Å²) < 4.78 is 0. The molecule has 1 aromatic carbocycles. The van der Waals surface area contributed by atoms with Crippen molar-refractivity contribution in [1.29, 1.82) is 21.2 Å². The van der Waals surface area contributed by atoms with Gasteiger partial charge in [0.05, 0.1) is 23.9 Å². The van der Waals surface area contributed by atoms with Crippen molar-refractivity contribution in [3.05, 3.63) is 46.5 Å². The summed E-state index contributed by atoms with van der Waals surface area (Å²) in [7, 11) is 0. The van der Waals surface area contributed by atoms with Gasteiger partial charge in [0, 0.05) is 10.9 Å². The van der Waals surface area contributed by atoms with Crippen molar-refractivity contribution in [3.8, 4) is 18.2 Å². The molecule has 1 saturated carbocycles. The second-order valence-electron chi connectivity index (χ2n) is 8.88. The second-order valence-corrected chi connectivity index (χ2v) is 9.32. The molecule has 1 aromatic rings. The van der Waals surface area contributed by atoms with Gasteiger partial charge >= 0.3 is 0 Å². The third-order valence-electron chi connectivity index (χ3n) is 6.46. The molecule has 1 fully saturated rings. The Balaban J connectivity index is 2.24. The average molecular weight is 391 g/mol. The number of halogens is 1. The number of nitriles is 3. The minimum atomic E-state index is -1.66. The summed E-state index contributed by atoms with van der Waals surface area (Å²) in [5.41, 5.74) is 0.0299. The lowest BCUT2D eigenvalue weighted by Gasteiger charge is -2.49. The van der Waals surface area contributed by atoms with E-state index >= 15 is 0 Å². The first kappa shape index (κ1) is 20.1. The second kappa shape index (κ2) is 7.09. The molecule has 0 radical (unpaired) electrons. The first-order valence-electron chi connectivity index (χ1n) is 9.46. The lowest BCUT2D eigenvalue weighted by atomic mass is 9.51. The summed E-state index contributed by atoms with van der Waals surface area (Å²) in [6.45, 7) is 6.59. The maximum atomic E-state index is 10.1. The van der Waals surface area contributed by atoms with Crippen LogP contribution in [0.4, 0.5) is 0 Å². The molecule has 0 aromatic heterocycles. The number of hydrogen-bond acceptors (Lipinski definition) is 4. The van der Waals surface area contributed by atoms with Gasteiger partial charge in [-0.05, 0) is 53.4 Å². The first-order chi connectivity index (χ1) is 13.2. The highest BCUT2D eigenvalue weighted by Gasteiger charge is 2.58. The molecule has 3 rings (SSSR count). The van der Waals surface area contributed by atoms with Crippen LogP contribution in [0.1, 0.15) is 45.1 Å². The summed E-state index contributed by atoms with van der Waals surface area (Å²) in [4.78, 5) is 0. The van der Waals surface area contributed by atoms with E-state index in [2.05, 4.69) is 45.1 Å². The molecule has 0 aliphatic heterocycles. The van der Waals surface area contributed by atoms with E-state index < -0.39 is 17.3 Å². The predicted octanol–water partition coefficient (Wildman–Crippen LogP) is 5.63. The lowest BCUT2D eigenvalue weighted by Crippen LogP contribution is -2.50. The molecule has 28 heavy (non-hydrogen) atoms. The third kappa shape index (κ3) is 3.01. The van der Waals surface area contributed by atoms with E-state index in [-0.39, 0.29) is 17.0 Å². The summed E-state index contributed by atoms with van der Waals surface area (Å²) in [6, 6.07) is 13.7. The van der Waals surface area contributed by atoms with E-state index in [0.29, 0.717) is 10.9 Å². The normalized spacial score (nSPS) is 28.9. The van der Waals surface area contributed by atoms with E-state index in [4.69, 9.17) is 17.0 Å². The Morgan fingerprint density at radius 2 is 1.71 bits per heavy atom. The van der Waals surface area contributed by atoms with Crippen molar-refractivity contribution in [2.24, 2.45) is 28.6 Å². The topological polar surface area (TPSA) is 95.2 Å². The molecular weight excluding hydrogens is 368 g/mol. The van der Waals surface area contributed by atoms with Crippen LogP contribution in [0.2, 0.25) is 5.02 Å². The average Bonchev–Trinajstić information content (AvgIpc) is 2.67. The smallest absolute Gasteiger partial charge is 0.189 e. The number of allylic oxidation sites excluding steroid dienone is 2. The van der Waals surface area contributed by atoms with E-state index in [1.807, 2.05) is 12.1 Å². The number of benzene rings is 1. The Labute approximate surface area is 171 Å². The fourth-order valence-electron chi connectivity index (χ4n) is 4.78. The molecule has 142 valence electrons. The third-order valence-corrected chi connectivity index (χ3v) is 6.71. The number of nitrogens with zero attached hydrogens (tertiary/aromatic N) is 3. The highest BCUT2D eigenvalue weighted by Crippen LogP contribution is 2.57. The fraction of sp³-hybridized carbons (Fsp3) is 0.478. The van der Waals surface area contributed by atoms with Gasteiger partial charge in [0.1, 0.15) is 5.92 Å². The standard InChI is InChI=1S/C23H23ClN4/c1-22(2,3)15-6-9-17-18(10-15)20(14-4-7-16(24)8-5-14)23(12-26,13-27)21(28)19(17)11-25/h4-5,7-9,15,18-20,28H,6,10H2,1-3H3/t15-,18-,19?,20-/m0/s1. The van der Waals surface area contributed by atoms with E-state index in [1.54, 1.807) is 12.1 Å². The van der Waals surface area contributed by atoms with Crippen LogP contribution in [0.25, 0.3) is 0 Å². The van der Waals surface area contributed by atoms with Crippen LogP contribution in [0.15, 0.2) is 35.9 Å². The van der Waals surface area contributed by atoms with Gasteiger partial charge in [-0.1, -0.05) is 50.6 Å². The monoisotopic (exact) mass is 390 g/mol. The van der Waals surface area contributed by atoms with Gasteiger partial charge in [-0.15, -0.1) is 0 Å². The Hall–Kier alpha value is -2.61. The van der Waals surface area contributed by atoms with E-state index in [1.165, 1.54) is 0 Å². The number of fused-ring (bicyclic) bond motifs is 1. The molecule has 5 heteroatoms. The zero-order valence-corrected chi connectivity index (χ0v) is 17.1. The molecule has 0 bridgehead atoms. The zero-order valence-electron chi connectivity index (χ0n) is 16.3. The highest BCUT2D eigenvalue weighted by molar-refractivity contribution is 6.30. The molecule has 1 N–H and O–H groups in total. The van der Waals surface area contributed by atoms with Crippen LogP contribution in [0, 0.1) is 68.0 Å². The number of rotatable bonds is 1. The summed E-state index contributed by atoms with van der Waals surface area (Å²) >= 11 is 6.06. The van der Waals surface area contributed by atoms with E-state index in [9.17, 15) is 15.8 Å². The Bertz CT molecular complexity index is 933. The van der Waals surface area contributed by atoms with Crippen molar-refractivity contribution in [3.63, 3.8) is 0 Å². The molecule has 2 aliphatic rings.